The maximum absolute atomic E-state index is 13.4. The summed E-state index contributed by atoms with van der Waals surface area (Å²) in [4.78, 5) is 28.0. The molecule has 0 aliphatic carbocycles. The SMILES string of the molecule is CCC(C)NC(=O)C(CC)N(Cc1ccccc1Cl)C(=O)CCCN(c1ccc(F)cc1)S(C)(=O)=O. The first-order valence-electron chi connectivity index (χ1n) is 12.0. The quantitative estimate of drug-likeness (QED) is 0.398. The van der Waals surface area contributed by atoms with E-state index in [9.17, 15) is 22.4 Å². The maximum atomic E-state index is 13.4. The Morgan fingerprint density at radius 1 is 1.06 bits per heavy atom. The van der Waals surface area contributed by atoms with Crippen molar-refractivity contribution in [3.63, 3.8) is 0 Å². The van der Waals surface area contributed by atoms with Crippen LogP contribution in [0.5, 0.6) is 0 Å². The van der Waals surface area contributed by atoms with Gasteiger partial charge in [0.1, 0.15) is 11.9 Å². The number of amides is 2. The number of nitrogens with one attached hydrogen (secondary N) is 1. The zero-order chi connectivity index (χ0) is 26.9. The smallest absolute Gasteiger partial charge is 0.243 e. The van der Waals surface area contributed by atoms with Crippen LogP contribution in [0.2, 0.25) is 5.02 Å². The highest BCUT2D eigenvalue weighted by atomic mass is 35.5. The fourth-order valence-corrected chi connectivity index (χ4v) is 4.94. The average Bonchev–Trinajstić information content (AvgIpc) is 2.82. The molecule has 198 valence electrons. The van der Waals surface area contributed by atoms with Crippen molar-refractivity contribution in [3.8, 4) is 0 Å². The van der Waals surface area contributed by atoms with E-state index in [4.69, 9.17) is 11.6 Å². The second kappa shape index (κ2) is 13.6. The Morgan fingerprint density at radius 3 is 2.25 bits per heavy atom. The Kier molecular flexibility index (Phi) is 11.2. The molecule has 0 fully saturated rings. The average molecular weight is 540 g/mol. The molecule has 0 heterocycles. The van der Waals surface area contributed by atoms with Crippen molar-refractivity contribution in [2.45, 2.75) is 65.1 Å². The molecule has 0 aliphatic rings. The fraction of sp³-hybridized carbons (Fsp3) is 0.462. The molecule has 0 saturated heterocycles. The fourth-order valence-electron chi connectivity index (χ4n) is 3.78. The highest BCUT2D eigenvalue weighted by Gasteiger charge is 2.29. The Hall–Kier alpha value is -2.65. The summed E-state index contributed by atoms with van der Waals surface area (Å²) in [6.07, 6.45) is 2.46. The van der Waals surface area contributed by atoms with Crippen LogP contribution in [0.15, 0.2) is 48.5 Å². The summed E-state index contributed by atoms with van der Waals surface area (Å²) in [7, 11) is -3.65. The van der Waals surface area contributed by atoms with Gasteiger partial charge in [0.05, 0.1) is 11.9 Å². The summed E-state index contributed by atoms with van der Waals surface area (Å²) >= 11 is 6.34. The maximum Gasteiger partial charge on any atom is 0.243 e. The molecule has 10 heteroatoms. The van der Waals surface area contributed by atoms with E-state index in [1.807, 2.05) is 32.9 Å². The molecule has 1 N–H and O–H groups in total. The lowest BCUT2D eigenvalue weighted by Crippen LogP contribution is -2.50. The molecule has 2 atom stereocenters. The topological polar surface area (TPSA) is 86.8 Å². The number of hydrogen-bond acceptors (Lipinski definition) is 4. The molecule has 2 rings (SSSR count). The Balaban J connectivity index is 2.23. The van der Waals surface area contributed by atoms with Crippen LogP contribution in [0, 0.1) is 5.82 Å². The minimum atomic E-state index is -3.65. The Bertz CT molecular complexity index is 1130. The van der Waals surface area contributed by atoms with Gasteiger partial charge in [-0.25, -0.2) is 12.8 Å². The van der Waals surface area contributed by atoms with E-state index < -0.39 is 21.9 Å². The van der Waals surface area contributed by atoms with Crippen LogP contribution >= 0.6 is 11.6 Å². The third-order valence-electron chi connectivity index (χ3n) is 5.95. The van der Waals surface area contributed by atoms with Gasteiger partial charge >= 0.3 is 0 Å². The molecular weight excluding hydrogens is 505 g/mol. The predicted molar refractivity (Wildman–Crippen MR) is 142 cm³/mol. The lowest BCUT2D eigenvalue weighted by Gasteiger charge is -2.32. The zero-order valence-corrected chi connectivity index (χ0v) is 22.8. The molecule has 7 nitrogen and oxygen atoms in total. The number of carbonyl (C=O) groups excluding carboxylic acids is 2. The largest absolute Gasteiger partial charge is 0.352 e. The standard InChI is InChI=1S/C26H35ClFN3O4S/c1-5-19(3)29-26(33)24(6-2)30(18-20-10-7-8-11-23(20)27)25(32)12-9-17-31(36(4,34)35)22-15-13-21(28)14-16-22/h7-8,10-11,13-16,19,24H,5-6,9,12,17-18H2,1-4H3,(H,29,33). The second-order valence-electron chi connectivity index (χ2n) is 8.77. The molecule has 0 radical (unpaired) electrons. The van der Waals surface area contributed by atoms with Crippen molar-refractivity contribution in [1.82, 2.24) is 10.2 Å². The zero-order valence-electron chi connectivity index (χ0n) is 21.2. The van der Waals surface area contributed by atoms with Crippen LogP contribution in [0.25, 0.3) is 0 Å². The van der Waals surface area contributed by atoms with Crippen LogP contribution in [0.1, 0.15) is 52.0 Å². The second-order valence-corrected chi connectivity index (χ2v) is 11.1. The van der Waals surface area contributed by atoms with Crippen molar-refractivity contribution < 1.29 is 22.4 Å². The summed E-state index contributed by atoms with van der Waals surface area (Å²) in [5.74, 6) is -0.996. The molecule has 2 amide bonds. The van der Waals surface area contributed by atoms with Gasteiger partial charge in [-0.2, -0.15) is 0 Å². The molecular formula is C26H35ClFN3O4S. The van der Waals surface area contributed by atoms with Crippen molar-refractivity contribution in [2.24, 2.45) is 0 Å². The van der Waals surface area contributed by atoms with E-state index in [0.29, 0.717) is 22.7 Å². The lowest BCUT2D eigenvalue weighted by atomic mass is 10.1. The number of anilines is 1. The molecule has 2 unspecified atom stereocenters. The highest BCUT2D eigenvalue weighted by molar-refractivity contribution is 7.92. The molecule has 0 aliphatic heterocycles. The minimum Gasteiger partial charge on any atom is -0.352 e. The van der Waals surface area contributed by atoms with Gasteiger partial charge < -0.3 is 10.2 Å². The number of hydrogen-bond donors (Lipinski definition) is 1. The van der Waals surface area contributed by atoms with Gasteiger partial charge in [0, 0.05) is 30.6 Å². The normalized spacial score (nSPS) is 13.1. The molecule has 2 aromatic rings. The lowest BCUT2D eigenvalue weighted by molar-refractivity contribution is -0.141. The van der Waals surface area contributed by atoms with Gasteiger partial charge in [0.25, 0.3) is 0 Å². The van der Waals surface area contributed by atoms with Gasteiger partial charge in [-0.3, -0.25) is 13.9 Å². The number of rotatable bonds is 13. The summed E-state index contributed by atoms with van der Waals surface area (Å²) in [5, 5.41) is 3.45. The van der Waals surface area contributed by atoms with Gasteiger partial charge in [0.15, 0.2) is 0 Å². The first-order chi connectivity index (χ1) is 17.0. The van der Waals surface area contributed by atoms with E-state index in [2.05, 4.69) is 5.32 Å². The van der Waals surface area contributed by atoms with E-state index in [1.165, 1.54) is 29.2 Å². The number of carbonyl (C=O) groups is 2. The molecule has 36 heavy (non-hydrogen) atoms. The van der Waals surface area contributed by atoms with Crippen molar-refractivity contribution >= 4 is 39.1 Å². The first-order valence-corrected chi connectivity index (χ1v) is 14.3. The van der Waals surface area contributed by atoms with Crippen LogP contribution < -0.4 is 9.62 Å². The van der Waals surface area contributed by atoms with E-state index in [1.54, 1.807) is 12.1 Å². The summed E-state index contributed by atoms with van der Waals surface area (Å²) in [5.41, 5.74) is 1.03. The molecule has 0 bridgehead atoms. The number of sulfonamides is 1. The van der Waals surface area contributed by atoms with Crippen molar-refractivity contribution in [3.05, 3.63) is 64.9 Å². The van der Waals surface area contributed by atoms with Crippen LogP contribution in [0.4, 0.5) is 10.1 Å². The summed E-state index contributed by atoms with van der Waals surface area (Å²) in [6, 6.07) is 11.5. The molecule has 0 aromatic heterocycles. The van der Waals surface area contributed by atoms with Crippen LogP contribution in [-0.2, 0) is 26.2 Å². The first kappa shape index (κ1) is 29.6. The predicted octanol–water partition coefficient (Wildman–Crippen LogP) is 4.75. The number of halogens is 2. The van der Waals surface area contributed by atoms with Gasteiger partial charge in [0.2, 0.25) is 21.8 Å². The number of nitrogens with zero attached hydrogens (tertiary/aromatic N) is 2. The van der Waals surface area contributed by atoms with Crippen molar-refractivity contribution in [1.29, 1.82) is 0 Å². The van der Waals surface area contributed by atoms with E-state index in [0.717, 1.165) is 17.0 Å². The molecule has 0 saturated carbocycles. The molecule has 2 aromatic carbocycles. The van der Waals surface area contributed by atoms with Crippen LogP contribution in [0.3, 0.4) is 0 Å². The minimum absolute atomic E-state index is 0.0186. The summed E-state index contributed by atoms with van der Waals surface area (Å²) in [6.45, 7) is 5.89. The third-order valence-corrected chi connectivity index (χ3v) is 7.52. The van der Waals surface area contributed by atoms with E-state index in [-0.39, 0.29) is 43.8 Å². The van der Waals surface area contributed by atoms with Gasteiger partial charge in [-0.15, -0.1) is 0 Å². The highest BCUT2D eigenvalue weighted by Crippen LogP contribution is 2.22. The van der Waals surface area contributed by atoms with Crippen LogP contribution in [-0.4, -0.2) is 50.0 Å². The van der Waals surface area contributed by atoms with Gasteiger partial charge in [-0.05, 0) is 62.1 Å². The Labute approximate surface area is 218 Å². The third kappa shape index (κ3) is 8.48. The van der Waals surface area contributed by atoms with Crippen molar-refractivity contribution in [2.75, 3.05) is 17.1 Å². The Morgan fingerprint density at radius 2 is 1.69 bits per heavy atom. The van der Waals surface area contributed by atoms with E-state index >= 15 is 0 Å². The monoisotopic (exact) mass is 539 g/mol. The summed E-state index contributed by atoms with van der Waals surface area (Å²) < 4.78 is 39.2. The molecule has 0 spiro atoms. The number of benzene rings is 2. The van der Waals surface area contributed by atoms with Gasteiger partial charge in [-0.1, -0.05) is 43.6 Å².